The molecule has 1 aliphatic rings. The maximum absolute atomic E-state index is 13.2. The normalized spacial score (nSPS) is 20.4. The molecule has 0 aromatic heterocycles. The molecule has 122 valence electrons. The first-order valence-corrected chi connectivity index (χ1v) is 7.56. The van der Waals surface area contributed by atoms with E-state index >= 15 is 0 Å². The van der Waals surface area contributed by atoms with Gasteiger partial charge in [0, 0.05) is 25.7 Å². The first-order chi connectivity index (χ1) is 10.5. The molecular weight excluding hydrogens is 290 g/mol. The van der Waals surface area contributed by atoms with Crippen molar-refractivity contribution in [2.45, 2.75) is 32.2 Å². The van der Waals surface area contributed by atoms with Gasteiger partial charge in [-0.1, -0.05) is 13.0 Å². The van der Waals surface area contributed by atoms with Gasteiger partial charge < -0.3 is 15.0 Å². The van der Waals surface area contributed by atoms with Crippen molar-refractivity contribution >= 4 is 6.03 Å². The molecule has 4 nitrogen and oxygen atoms in total. The van der Waals surface area contributed by atoms with E-state index in [1.54, 1.807) is 4.90 Å². The summed E-state index contributed by atoms with van der Waals surface area (Å²) in [6.45, 7) is 5.99. The van der Waals surface area contributed by atoms with Crippen LogP contribution in [0.5, 0.6) is 0 Å². The van der Waals surface area contributed by atoms with Gasteiger partial charge in [-0.2, -0.15) is 0 Å². The number of carbonyl (C=O) groups is 1. The van der Waals surface area contributed by atoms with Crippen LogP contribution in [-0.4, -0.2) is 43.3 Å². The lowest BCUT2D eigenvalue weighted by Crippen LogP contribution is -2.46. The highest BCUT2D eigenvalue weighted by atomic mass is 19.2. The van der Waals surface area contributed by atoms with Crippen LogP contribution in [0.15, 0.2) is 18.2 Å². The summed E-state index contributed by atoms with van der Waals surface area (Å²) in [6.07, 6.45) is 0.812. The number of nitrogens with one attached hydrogen (secondary N) is 1. The second-order valence-electron chi connectivity index (χ2n) is 5.70. The van der Waals surface area contributed by atoms with Crippen molar-refractivity contribution in [3.8, 4) is 0 Å². The maximum Gasteiger partial charge on any atom is 0.317 e. The van der Waals surface area contributed by atoms with E-state index in [1.807, 2.05) is 13.8 Å². The quantitative estimate of drug-likeness (QED) is 0.932. The minimum Gasteiger partial charge on any atom is -0.380 e. The van der Waals surface area contributed by atoms with Crippen molar-refractivity contribution in [1.29, 1.82) is 0 Å². The molecular formula is C16H22F2N2O2. The summed E-state index contributed by atoms with van der Waals surface area (Å²) < 4.78 is 31.5. The minimum atomic E-state index is -0.867. The third-order valence-electron chi connectivity index (χ3n) is 4.02. The number of urea groups is 1. The van der Waals surface area contributed by atoms with Crippen LogP contribution < -0.4 is 5.32 Å². The van der Waals surface area contributed by atoms with Crippen LogP contribution in [0.4, 0.5) is 13.6 Å². The van der Waals surface area contributed by atoms with Crippen LogP contribution >= 0.6 is 0 Å². The molecule has 1 fully saturated rings. The van der Waals surface area contributed by atoms with Crippen molar-refractivity contribution in [2.75, 3.05) is 26.3 Å². The Morgan fingerprint density at radius 2 is 2.18 bits per heavy atom. The number of nitrogens with zero attached hydrogens (tertiary/aromatic N) is 1. The Morgan fingerprint density at radius 1 is 1.41 bits per heavy atom. The van der Waals surface area contributed by atoms with Crippen molar-refractivity contribution in [2.24, 2.45) is 0 Å². The lowest BCUT2D eigenvalue weighted by molar-refractivity contribution is 0.142. The van der Waals surface area contributed by atoms with Crippen LogP contribution in [0.25, 0.3) is 0 Å². The first kappa shape index (κ1) is 16.7. The number of halogens is 2. The predicted octanol–water partition coefficient (Wildman–Crippen LogP) is 2.89. The van der Waals surface area contributed by atoms with E-state index in [2.05, 4.69) is 5.32 Å². The Hall–Kier alpha value is -1.69. The number of amides is 2. The highest BCUT2D eigenvalue weighted by Crippen LogP contribution is 2.17. The highest BCUT2D eigenvalue weighted by molar-refractivity contribution is 5.74. The van der Waals surface area contributed by atoms with E-state index in [4.69, 9.17) is 4.74 Å². The molecule has 0 spiro atoms. The Morgan fingerprint density at radius 3 is 2.91 bits per heavy atom. The second-order valence-corrected chi connectivity index (χ2v) is 5.70. The highest BCUT2D eigenvalue weighted by Gasteiger charge is 2.22. The van der Waals surface area contributed by atoms with E-state index < -0.39 is 11.6 Å². The van der Waals surface area contributed by atoms with Gasteiger partial charge in [0.1, 0.15) is 0 Å². The van der Waals surface area contributed by atoms with Gasteiger partial charge in [0.15, 0.2) is 11.6 Å². The molecule has 2 amide bonds. The molecule has 1 aromatic rings. The topological polar surface area (TPSA) is 41.6 Å². The molecule has 0 radical (unpaired) electrons. The summed E-state index contributed by atoms with van der Waals surface area (Å²) in [5.41, 5.74) is 0.659. The van der Waals surface area contributed by atoms with Crippen LogP contribution in [0, 0.1) is 11.6 Å². The molecule has 0 unspecified atom stereocenters. The number of rotatable bonds is 3. The number of hydrogen-bond donors (Lipinski definition) is 1. The largest absolute Gasteiger partial charge is 0.380 e. The molecule has 1 N–H and O–H groups in total. The maximum atomic E-state index is 13.2. The first-order valence-electron chi connectivity index (χ1n) is 7.56. The van der Waals surface area contributed by atoms with Gasteiger partial charge in [-0.15, -0.1) is 0 Å². The van der Waals surface area contributed by atoms with Crippen LogP contribution in [0.3, 0.4) is 0 Å². The van der Waals surface area contributed by atoms with Gasteiger partial charge in [0.25, 0.3) is 0 Å². The third-order valence-corrected chi connectivity index (χ3v) is 4.02. The molecule has 0 saturated carbocycles. The van der Waals surface area contributed by atoms with Crippen molar-refractivity contribution in [3.05, 3.63) is 35.4 Å². The molecule has 2 atom stereocenters. The lowest BCUT2D eigenvalue weighted by atomic mass is 10.0. The number of ether oxygens (including phenoxy) is 1. The molecule has 6 heteroatoms. The zero-order chi connectivity index (χ0) is 16.1. The van der Waals surface area contributed by atoms with Gasteiger partial charge in [0.2, 0.25) is 0 Å². The van der Waals surface area contributed by atoms with E-state index in [1.165, 1.54) is 12.1 Å². The van der Waals surface area contributed by atoms with E-state index in [-0.39, 0.29) is 18.0 Å². The van der Waals surface area contributed by atoms with E-state index in [9.17, 15) is 13.6 Å². The number of carbonyl (C=O) groups excluding carboxylic acids is 1. The van der Waals surface area contributed by atoms with E-state index in [0.29, 0.717) is 31.9 Å². The van der Waals surface area contributed by atoms with Gasteiger partial charge in [-0.05, 0) is 37.0 Å². The Kier molecular flexibility index (Phi) is 5.71. The summed E-state index contributed by atoms with van der Waals surface area (Å²) in [6, 6.07) is 3.80. The summed E-state index contributed by atoms with van der Waals surface area (Å²) in [4.78, 5) is 14.0. The van der Waals surface area contributed by atoms with Crippen molar-refractivity contribution in [3.63, 3.8) is 0 Å². The average molecular weight is 312 g/mol. The summed E-state index contributed by atoms with van der Waals surface area (Å²) in [7, 11) is 0. The third kappa shape index (κ3) is 4.16. The fourth-order valence-electron chi connectivity index (χ4n) is 2.48. The summed E-state index contributed by atoms with van der Waals surface area (Å²) in [5.74, 6) is -1.83. The van der Waals surface area contributed by atoms with Crippen LogP contribution in [-0.2, 0) is 4.74 Å². The summed E-state index contributed by atoms with van der Waals surface area (Å²) in [5, 5.41) is 2.86. The molecule has 1 aromatic carbocycles. The Bertz CT molecular complexity index is 525. The minimum absolute atomic E-state index is 0.0995. The smallest absolute Gasteiger partial charge is 0.317 e. The van der Waals surface area contributed by atoms with E-state index in [0.717, 1.165) is 12.5 Å². The van der Waals surface area contributed by atoms with Crippen molar-refractivity contribution in [1.82, 2.24) is 10.2 Å². The average Bonchev–Trinajstić information content (AvgIpc) is 2.72. The predicted molar refractivity (Wildman–Crippen MR) is 79.8 cm³/mol. The number of hydrogen-bond acceptors (Lipinski definition) is 2. The molecule has 1 saturated heterocycles. The standard InChI is InChI=1S/C16H22F2N2O2/c1-11(13-3-4-14(17)15(18)9-13)10-19-16(21)20-6-8-22-7-5-12(20)2/h3-4,9,11-12H,5-8,10H2,1-2H3,(H,19,21)/t11-,12-/m1/s1. The Labute approximate surface area is 129 Å². The molecule has 0 aliphatic carbocycles. The second kappa shape index (κ2) is 7.54. The lowest BCUT2D eigenvalue weighted by Gasteiger charge is -2.27. The monoisotopic (exact) mass is 312 g/mol. The fraction of sp³-hybridized carbons (Fsp3) is 0.562. The molecule has 2 rings (SSSR count). The SMILES string of the molecule is C[C@H](CNC(=O)N1CCOCC[C@H]1C)c1ccc(F)c(F)c1. The molecule has 22 heavy (non-hydrogen) atoms. The molecule has 1 aliphatic heterocycles. The van der Waals surface area contributed by atoms with Crippen molar-refractivity contribution < 1.29 is 18.3 Å². The Balaban J connectivity index is 1.90. The van der Waals surface area contributed by atoms with Crippen LogP contribution in [0.2, 0.25) is 0 Å². The van der Waals surface area contributed by atoms with Crippen LogP contribution in [0.1, 0.15) is 31.7 Å². The summed E-state index contributed by atoms with van der Waals surface area (Å²) >= 11 is 0. The van der Waals surface area contributed by atoms with Gasteiger partial charge >= 0.3 is 6.03 Å². The van der Waals surface area contributed by atoms with Gasteiger partial charge in [0.05, 0.1) is 6.61 Å². The number of benzene rings is 1. The molecule has 1 heterocycles. The zero-order valence-corrected chi connectivity index (χ0v) is 12.9. The fourth-order valence-corrected chi connectivity index (χ4v) is 2.48. The zero-order valence-electron chi connectivity index (χ0n) is 12.9. The van der Waals surface area contributed by atoms with Gasteiger partial charge in [-0.3, -0.25) is 0 Å². The van der Waals surface area contributed by atoms with Gasteiger partial charge in [-0.25, -0.2) is 13.6 Å². The molecule has 0 bridgehead atoms.